The zero-order valence-electron chi connectivity index (χ0n) is 22.0. The van der Waals surface area contributed by atoms with E-state index in [0.717, 1.165) is 17.5 Å². The highest BCUT2D eigenvalue weighted by molar-refractivity contribution is 5.91. The highest BCUT2D eigenvalue weighted by Crippen LogP contribution is 2.38. The lowest BCUT2D eigenvalue weighted by atomic mass is 10.2. The van der Waals surface area contributed by atoms with Gasteiger partial charge in [0.1, 0.15) is 0 Å². The fourth-order valence-corrected chi connectivity index (χ4v) is 3.92. The third kappa shape index (κ3) is 6.44. The van der Waals surface area contributed by atoms with Crippen molar-refractivity contribution < 1.29 is 23.7 Å². The smallest absolute Gasteiger partial charge is 0.338 e. The van der Waals surface area contributed by atoms with Crippen molar-refractivity contribution in [3.63, 3.8) is 0 Å². The van der Waals surface area contributed by atoms with E-state index in [4.69, 9.17) is 18.9 Å². The second kappa shape index (κ2) is 13.2. The average Bonchev–Trinajstić information content (AvgIpc) is 3.29. The standard InChI is InChI=1S/C24H33N5O7.ClH/c1-26(2)9-7-10-28-15-25-21-19(28)22(30)29(24(32)27(21)3)11-8-12-36-23(31)16-13-17(33-4)20(35-6)18(14-16)34-5;/h13-15H,7-12H2,1-6H3;1H. The van der Waals surface area contributed by atoms with Gasteiger partial charge in [0.05, 0.1) is 39.8 Å². The van der Waals surface area contributed by atoms with Crippen LogP contribution in [0.3, 0.4) is 0 Å². The van der Waals surface area contributed by atoms with Crippen LogP contribution in [0.25, 0.3) is 11.2 Å². The first-order valence-corrected chi connectivity index (χ1v) is 11.5. The molecule has 0 N–H and O–H groups in total. The number of aryl methyl sites for hydroxylation is 2. The number of hydrogen-bond acceptors (Lipinski definition) is 9. The monoisotopic (exact) mass is 539 g/mol. The summed E-state index contributed by atoms with van der Waals surface area (Å²) >= 11 is 0. The van der Waals surface area contributed by atoms with Crippen LogP contribution in [0, 0.1) is 0 Å². The third-order valence-electron chi connectivity index (χ3n) is 5.77. The van der Waals surface area contributed by atoms with Gasteiger partial charge in [0.25, 0.3) is 5.56 Å². The number of methoxy groups -OCH3 is 3. The van der Waals surface area contributed by atoms with Crippen LogP contribution >= 0.6 is 12.4 Å². The van der Waals surface area contributed by atoms with Gasteiger partial charge >= 0.3 is 11.7 Å². The van der Waals surface area contributed by atoms with Crippen LogP contribution in [-0.4, -0.2) is 78.1 Å². The van der Waals surface area contributed by atoms with E-state index in [2.05, 4.69) is 9.88 Å². The van der Waals surface area contributed by atoms with Crippen LogP contribution in [0.15, 0.2) is 28.0 Å². The molecule has 0 bridgehead atoms. The minimum absolute atomic E-state index is 0. The zero-order valence-corrected chi connectivity index (χ0v) is 22.8. The molecule has 3 aromatic rings. The zero-order chi connectivity index (χ0) is 26.4. The second-order valence-electron chi connectivity index (χ2n) is 8.47. The maximum atomic E-state index is 13.2. The topological polar surface area (TPSA) is 119 Å². The summed E-state index contributed by atoms with van der Waals surface area (Å²) in [6, 6.07) is 2.99. The van der Waals surface area contributed by atoms with E-state index in [1.807, 2.05) is 14.1 Å². The Morgan fingerprint density at radius 3 is 2.22 bits per heavy atom. The predicted molar refractivity (Wildman–Crippen MR) is 141 cm³/mol. The van der Waals surface area contributed by atoms with Crippen LogP contribution in [0.2, 0.25) is 0 Å². The summed E-state index contributed by atoms with van der Waals surface area (Å²) < 4.78 is 25.5. The number of rotatable bonds is 12. The lowest BCUT2D eigenvalue weighted by Gasteiger charge is -2.14. The van der Waals surface area contributed by atoms with Crippen molar-refractivity contribution in [2.24, 2.45) is 7.05 Å². The molecule has 3 rings (SSSR count). The summed E-state index contributed by atoms with van der Waals surface area (Å²) in [5.41, 5.74) is 0.0687. The molecule has 0 unspecified atom stereocenters. The van der Waals surface area contributed by atoms with Crippen molar-refractivity contribution in [2.75, 3.05) is 48.6 Å². The van der Waals surface area contributed by atoms with Crippen LogP contribution in [0.1, 0.15) is 23.2 Å². The molecule has 204 valence electrons. The number of carbonyl (C=O) groups is 1. The molecule has 0 atom stereocenters. The van der Waals surface area contributed by atoms with Gasteiger partial charge in [-0.05, 0) is 45.6 Å². The highest BCUT2D eigenvalue weighted by atomic mass is 35.5. The molecule has 0 saturated carbocycles. The number of imidazole rings is 1. The minimum atomic E-state index is -0.594. The van der Waals surface area contributed by atoms with Gasteiger partial charge in [-0.15, -0.1) is 12.4 Å². The molecule has 13 heteroatoms. The Bertz CT molecular complexity index is 1320. The van der Waals surface area contributed by atoms with Gasteiger partial charge in [-0.1, -0.05) is 0 Å². The summed E-state index contributed by atoms with van der Waals surface area (Å²) in [7, 11) is 9.93. The fourth-order valence-electron chi connectivity index (χ4n) is 3.92. The second-order valence-corrected chi connectivity index (χ2v) is 8.47. The van der Waals surface area contributed by atoms with Gasteiger partial charge in [-0.2, -0.15) is 0 Å². The summed E-state index contributed by atoms with van der Waals surface area (Å²) in [6.07, 6.45) is 2.69. The lowest BCUT2D eigenvalue weighted by Crippen LogP contribution is -2.40. The van der Waals surface area contributed by atoms with Gasteiger partial charge in [0, 0.05) is 20.1 Å². The molecule has 0 radical (unpaired) electrons. The number of hydrogen-bond donors (Lipinski definition) is 0. The Morgan fingerprint density at radius 1 is 1.00 bits per heavy atom. The molecule has 0 saturated heterocycles. The van der Waals surface area contributed by atoms with E-state index in [1.54, 1.807) is 17.9 Å². The maximum Gasteiger partial charge on any atom is 0.338 e. The van der Waals surface area contributed by atoms with E-state index < -0.39 is 17.2 Å². The van der Waals surface area contributed by atoms with Crippen LogP contribution in [-0.2, 0) is 24.9 Å². The van der Waals surface area contributed by atoms with Crippen molar-refractivity contribution in [2.45, 2.75) is 25.9 Å². The van der Waals surface area contributed by atoms with Crippen LogP contribution < -0.4 is 25.5 Å². The number of aromatic nitrogens is 4. The van der Waals surface area contributed by atoms with Crippen molar-refractivity contribution >= 4 is 29.5 Å². The lowest BCUT2D eigenvalue weighted by molar-refractivity contribution is 0.0494. The molecule has 0 aliphatic carbocycles. The van der Waals surface area contributed by atoms with Gasteiger partial charge in [0.2, 0.25) is 5.75 Å². The first-order valence-electron chi connectivity index (χ1n) is 11.5. The van der Waals surface area contributed by atoms with Crippen molar-refractivity contribution in [1.82, 2.24) is 23.6 Å². The minimum Gasteiger partial charge on any atom is -0.493 e. The van der Waals surface area contributed by atoms with Crippen LogP contribution in [0.4, 0.5) is 0 Å². The third-order valence-corrected chi connectivity index (χ3v) is 5.77. The largest absolute Gasteiger partial charge is 0.493 e. The molecular weight excluding hydrogens is 506 g/mol. The number of ether oxygens (including phenoxy) is 4. The Balaban J connectivity index is 0.00000481. The molecular formula is C24H34ClN5O7. The van der Waals surface area contributed by atoms with Crippen molar-refractivity contribution in [3.05, 3.63) is 44.9 Å². The molecule has 0 aliphatic rings. The van der Waals surface area contributed by atoms with Gasteiger partial charge in [-0.25, -0.2) is 14.6 Å². The number of esters is 1. The average molecular weight is 540 g/mol. The number of carbonyl (C=O) groups excluding carboxylic acids is 1. The first kappa shape index (κ1) is 29.7. The Labute approximate surface area is 220 Å². The molecule has 0 aliphatic heterocycles. The molecule has 0 spiro atoms. The van der Waals surface area contributed by atoms with Gasteiger partial charge in [-0.3, -0.25) is 13.9 Å². The molecule has 0 amide bonds. The number of fused-ring (bicyclic) bond motifs is 1. The number of benzene rings is 1. The van der Waals surface area contributed by atoms with Crippen molar-refractivity contribution in [3.8, 4) is 17.2 Å². The highest BCUT2D eigenvalue weighted by Gasteiger charge is 2.19. The Kier molecular flexibility index (Phi) is 10.6. The summed E-state index contributed by atoms with van der Waals surface area (Å²) in [5, 5.41) is 0. The molecule has 2 heterocycles. The van der Waals surface area contributed by atoms with E-state index in [9.17, 15) is 14.4 Å². The van der Waals surface area contributed by atoms with Crippen molar-refractivity contribution in [1.29, 1.82) is 0 Å². The molecule has 37 heavy (non-hydrogen) atoms. The van der Waals surface area contributed by atoms with Gasteiger partial charge < -0.3 is 28.4 Å². The molecule has 0 fully saturated rings. The van der Waals surface area contributed by atoms with E-state index in [1.165, 1.54) is 38.0 Å². The van der Waals surface area contributed by atoms with E-state index >= 15 is 0 Å². The quantitative estimate of drug-likeness (QED) is 0.249. The predicted octanol–water partition coefficient (Wildman–Crippen LogP) is 1.54. The van der Waals surface area contributed by atoms with E-state index in [0.29, 0.717) is 35.0 Å². The van der Waals surface area contributed by atoms with Crippen LogP contribution in [0.5, 0.6) is 17.2 Å². The Morgan fingerprint density at radius 2 is 1.65 bits per heavy atom. The SMILES string of the molecule is COc1cc(C(=O)OCCCn2c(=O)c3c(ncn3CCCN(C)C)n(C)c2=O)cc(OC)c1OC.Cl. The Hall–Kier alpha value is -3.51. The van der Waals surface area contributed by atoms with E-state index in [-0.39, 0.29) is 37.5 Å². The normalized spacial score (nSPS) is 10.9. The molecule has 12 nitrogen and oxygen atoms in total. The number of nitrogens with zero attached hydrogens (tertiary/aromatic N) is 5. The summed E-state index contributed by atoms with van der Waals surface area (Å²) in [4.78, 5) is 44.9. The summed E-state index contributed by atoms with van der Waals surface area (Å²) in [6.45, 7) is 1.56. The number of halogens is 1. The first-order chi connectivity index (χ1) is 17.2. The summed E-state index contributed by atoms with van der Waals surface area (Å²) in [5.74, 6) is 0.427. The maximum absolute atomic E-state index is 13.2. The van der Waals surface area contributed by atoms with Gasteiger partial charge in [0.15, 0.2) is 22.7 Å². The molecule has 1 aromatic carbocycles. The molecule has 2 aromatic heterocycles. The fraction of sp³-hybridized carbons (Fsp3) is 0.500.